The second kappa shape index (κ2) is 6.25. The molecule has 1 rings (SSSR count). The molecule has 3 N–H and O–H groups in total. The number of aliphatic hydroxyl groups is 3. The van der Waals surface area contributed by atoms with Gasteiger partial charge >= 0.3 is 0 Å². The van der Waals surface area contributed by atoms with Crippen LogP contribution in [-0.2, 0) is 9.16 Å². The number of halogens is 1. The summed E-state index contributed by atoms with van der Waals surface area (Å²) in [6.45, 7) is 10.9. The maximum absolute atomic E-state index is 9.92. The molecule has 7 heteroatoms. The molecular formula is C12H25IO5Si. The zero-order valence-electron chi connectivity index (χ0n) is 12.1. The molecule has 1 aliphatic heterocycles. The van der Waals surface area contributed by atoms with Crippen LogP contribution in [0, 0.1) is 0 Å². The monoisotopic (exact) mass is 404 g/mol. The van der Waals surface area contributed by atoms with Gasteiger partial charge in [-0.15, -0.1) is 0 Å². The van der Waals surface area contributed by atoms with Gasteiger partial charge in [-0.2, -0.15) is 0 Å². The Morgan fingerprint density at radius 2 is 1.63 bits per heavy atom. The first-order valence-corrected chi connectivity index (χ1v) is 10.6. The van der Waals surface area contributed by atoms with Crippen LogP contribution in [0.2, 0.25) is 18.1 Å². The highest BCUT2D eigenvalue weighted by atomic mass is 127. The molecule has 0 saturated carbocycles. The molecule has 0 aliphatic carbocycles. The van der Waals surface area contributed by atoms with Crippen molar-refractivity contribution >= 4 is 30.9 Å². The van der Waals surface area contributed by atoms with Crippen LogP contribution in [0.5, 0.6) is 0 Å². The third kappa shape index (κ3) is 4.11. The van der Waals surface area contributed by atoms with Crippen LogP contribution in [0.3, 0.4) is 0 Å². The quantitative estimate of drug-likeness (QED) is 0.375. The lowest BCUT2D eigenvalue weighted by atomic mass is 10.0. The van der Waals surface area contributed by atoms with Crippen LogP contribution >= 0.6 is 22.6 Å². The number of alkyl halides is 1. The maximum Gasteiger partial charge on any atom is 0.192 e. The summed E-state index contributed by atoms with van der Waals surface area (Å²) in [6, 6.07) is 0. The van der Waals surface area contributed by atoms with E-state index in [-0.39, 0.29) is 11.6 Å². The van der Waals surface area contributed by atoms with Crippen LogP contribution in [0.25, 0.3) is 0 Å². The minimum absolute atomic E-state index is 0.0779. The normalized spacial score (nSPS) is 37.4. The number of hydrogen-bond acceptors (Lipinski definition) is 5. The summed E-state index contributed by atoms with van der Waals surface area (Å²) in [5.41, 5.74) is 0. The maximum atomic E-state index is 9.92. The molecule has 1 heterocycles. The van der Waals surface area contributed by atoms with Gasteiger partial charge in [0.15, 0.2) is 8.32 Å². The van der Waals surface area contributed by atoms with Gasteiger partial charge in [0, 0.05) is 0 Å². The molecule has 5 nitrogen and oxygen atoms in total. The Labute approximate surface area is 129 Å². The summed E-state index contributed by atoms with van der Waals surface area (Å²) in [7, 11) is -1.92. The number of rotatable bonds is 3. The van der Waals surface area contributed by atoms with E-state index in [1.807, 2.05) is 22.6 Å². The van der Waals surface area contributed by atoms with Crippen molar-refractivity contribution in [2.45, 2.75) is 67.4 Å². The Balaban J connectivity index is 2.63. The van der Waals surface area contributed by atoms with Gasteiger partial charge in [0.25, 0.3) is 0 Å². The molecule has 0 aromatic rings. The second-order valence-corrected chi connectivity index (χ2v) is 12.6. The van der Waals surface area contributed by atoms with Crippen LogP contribution in [0.4, 0.5) is 0 Å². The summed E-state index contributed by atoms with van der Waals surface area (Å²) >= 11 is 1.91. The SMILES string of the molecule is CC(C)(C)[Si](C)(C)OCC1OC(I)C(O)C(O)[C@@H]1O. The van der Waals surface area contributed by atoms with E-state index in [0.717, 1.165) is 0 Å². The minimum Gasteiger partial charge on any atom is -0.414 e. The van der Waals surface area contributed by atoms with Crippen molar-refractivity contribution in [1.29, 1.82) is 0 Å². The first-order valence-electron chi connectivity index (χ1n) is 6.45. The average molecular weight is 404 g/mol. The molecule has 4 unspecified atom stereocenters. The topological polar surface area (TPSA) is 79.2 Å². The van der Waals surface area contributed by atoms with Gasteiger partial charge in [-0.3, -0.25) is 0 Å². The van der Waals surface area contributed by atoms with Gasteiger partial charge in [0.2, 0.25) is 0 Å². The predicted molar refractivity (Wildman–Crippen MR) is 83.9 cm³/mol. The highest BCUT2D eigenvalue weighted by molar-refractivity contribution is 14.1. The molecule has 0 spiro atoms. The second-order valence-electron chi connectivity index (χ2n) is 6.57. The Morgan fingerprint density at radius 1 is 1.11 bits per heavy atom. The zero-order valence-corrected chi connectivity index (χ0v) is 15.3. The van der Waals surface area contributed by atoms with Gasteiger partial charge in [0.1, 0.15) is 28.5 Å². The average Bonchev–Trinajstić information content (AvgIpc) is 2.28. The Hall–Kier alpha value is 0.747. The molecule has 1 saturated heterocycles. The summed E-state index contributed by atoms with van der Waals surface area (Å²) in [6.07, 6.45) is -3.98. The number of hydrogen-bond donors (Lipinski definition) is 3. The summed E-state index contributed by atoms with van der Waals surface area (Å²) in [5.74, 6) is 0. The van der Waals surface area contributed by atoms with Crippen LogP contribution in [0.1, 0.15) is 20.8 Å². The smallest absolute Gasteiger partial charge is 0.192 e. The number of aliphatic hydroxyl groups excluding tert-OH is 3. The van der Waals surface area contributed by atoms with Gasteiger partial charge in [0.05, 0.1) is 6.61 Å². The third-order valence-electron chi connectivity index (χ3n) is 4.07. The first kappa shape index (κ1) is 17.8. The van der Waals surface area contributed by atoms with Crippen molar-refractivity contribution < 1.29 is 24.5 Å². The fraction of sp³-hybridized carbons (Fsp3) is 1.00. The van der Waals surface area contributed by atoms with Crippen molar-refractivity contribution in [2.24, 2.45) is 0 Å². The van der Waals surface area contributed by atoms with Crippen molar-refractivity contribution in [1.82, 2.24) is 0 Å². The zero-order chi connectivity index (χ0) is 15.0. The molecule has 0 bridgehead atoms. The molecule has 19 heavy (non-hydrogen) atoms. The molecule has 1 aliphatic rings. The molecule has 0 aromatic heterocycles. The van der Waals surface area contributed by atoms with Crippen LogP contribution in [0.15, 0.2) is 0 Å². The minimum atomic E-state index is -1.92. The Kier molecular flexibility index (Phi) is 5.85. The largest absolute Gasteiger partial charge is 0.414 e. The lowest BCUT2D eigenvalue weighted by Crippen LogP contribution is -2.58. The van der Waals surface area contributed by atoms with Gasteiger partial charge < -0.3 is 24.5 Å². The van der Waals surface area contributed by atoms with Crippen molar-refractivity contribution in [3.8, 4) is 0 Å². The van der Waals surface area contributed by atoms with E-state index in [9.17, 15) is 15.3 Å². The van der Waals surface area contributed by atoms with Crippen molar-refractivity contribution in [2.75, 3.05) is 6.61 Å². The molecule has 1 fully saturated rings. The van der Waals surface area contributed by atoms with E-state index in [2.05, 4.69) is 33.9 Å². The fourth-order valence-corrected chi connectivity index (χ4v) is 3.37. The van der Waals surface area contributed by atoms with Crippen molar-refractivity contribution in [3.63, 3.8) is 0 Å². The summed E-state index contributed by atoms with van der Waals surface area (Å²) in [4.78, 5) is 0. The van der Waals surface area contributed by atoms with E-state index in [1.165, 1.54) is 0 Å². The lowest BCUT2D eigenvalue weighted by molar-refractivity contribution is -0.200. The summed E-state index contributed by atoms with van der Waals surface area (Å²) < 4.78 is 11.0. The highest BCUT2D eigenvalue weighted by Gasteiger charge is 2.44. The Morgan fingerprint density at radius 3 is 2.11 bits per heavy atom. The standard InChI is InChI=1S/C12H25IO5Si/c1-12(2,3)19(4,5)17-6-7-8(14)9(15)10(16)11(13)18-7/h7-11,14-16H,6H2,1-5H3/t7?,8-,9?,10?,11?/m1/s1. The molecular weight excluding hydrogens is 379 g/mol. The van der Waals surface area contributed by atoms with E-state index in [1.54, 1.807) is 0 Å². The van der Waals surface area contributed by atoms with Crippen molar-refractivity contribution in [3.05, 3.63) is 0 Å². The van der Waals surface area contributed by atoms with E-state index in [0.29, 0.717) is 0 Å². The lowest BCUT2D eigenvalue weighted by Gasteiger charge is -2.41. The molecule has 0 aromatic carbocycles. The fourth-order valence-electron chi connectivity index (χ4n) is 1.55. The number of ether oxygens (including phenoxy) is 1. The molecule has 114 valence electrons. The predicted octanol–water partition coefficient (Wildman–Crippen LogP) is 1.25. The van der Waals surface area contributed by atoms with Gasteiger partial charge in [-0.05, 0) is 40.7 Å². The van der Waals surface area contributed by atoms with Crippen LogP contribution < -0.4 is 0 Å². The highest BCUT2D eigenvalue weighted by Crippen LogP contribution is 2.37. The molecule has 0 amide bonds. The first-order chi connectivity index (χ1) is 8.47. The van der Waals surface area contributed by atoms with Crippen LogP contribution in [-0.4, -0.2) is 58.8 Å². The molecule has 5 atom stereocenters. The molecule has 0 radical (unpaired) electrons. The third-order valence-corrected chi connectivity index (χ3v) is 9.60. The van der Waals surface area contributed by atoms with E-state index >= 15 is 0 Å². The van der Waals surface area contributed by atoms with E-state index < -0.39 is 36.8 Å². The van der Waals surface area contributed by atoms with Gasteiger partial charge in [-0.1, -0.05) is 20.8 Å². The summed E-state index contributed by atoms with van der Waals surface area (Å²) in [5, 5.41) is 29.4. The van der Waals surface area contributed by atoms with Gasteiger partial charge in [-0.25, -0.2) is 0 Å². The Bertz CT molecular complexity index is 307. The van der Waals surface area contributed by atoms with E-state index in [4.69, 9.17) is 9.16 Å².